The van der Waals surface area contributed by atoms with Crippen LogP contribution in [0.25, 0.3) is 11.2 Å². The Hall–Kier alpha value is -4.01. The normalized spacial score (nSPS) is 13.2. The van der Waals surface area contributed by atoms with E-state index in [1.807, 2.05) is 30.6 Å². The minimum atomic E-state index is -1.82. The van der Waals surface area contributed by atoms with Crippen LogP contribution in [0, 0.1) is 0 Å². The average Bonchev–Trinajstić information content (AvgIpc) is 3.45. The molecule has 5 aromatic rings. The van der Waals surface area contributed by atoms with E-state index in [0.717, 1.165) is 40.0 Å². The van der Waals surface area contributed by atoms with E-state index in [2.05, 4.69) is 111 Å². The number of hydrogen-bond donors (Lipinski definition) is 1. The Bertz CT molecular complexity index is 1590. The van der Waals surface area contributed by atoms with Crippen molar-refractivity contribution in [1.82, 2.24) is 19.5 Å². The fourth-order valence-corrected chi connectivity index (χ4v) is 6.28. The van der Waals surface area contributed by atoms with Crippen LogP contribution < -0.4 is 10.1 Å². The first-order valence-electron chi connectivity index (χ1n) is 14.9. The summed E-state index contributed by atoms with van der Waals surface area (Å²) in [7, 11) is -0.133. The van der Waals surface area contributed by atoms with E-state index in [1.54, 1.807) is 13.4 Å². The Morgan fingerprint density at radius 1 is 0.814 bits per heavy atom. The van der Waals surface area contributed by atoms with Crippen molar-refractivity contribution in [2.45, 2.75) is 63.8 Å². The van der Waals surface area contributed by atoms with Crippen molar-refractivity contribution in [3.63, 3.8) is 0 Å². The van der Waals surface area contributed by atoms with E-state index >= 15 is 0 Å². The number of aromatic nitrogens is 4. The summed E-state index contributed by atoms with van der Waals surface area (Å²) >= 11 is 0. The highest BCUT2D eigenvalue weighted by Gasteiger charge is 2.38. The van der Waals surface area contributed by atoms with Crippen molar-refractivity contribution < 1.29 is 9.16 Å². The first-order valence-corrected chi connectivity index (χ1v) is 17.8. The Morgan fingerprint density at radius 2 is 1.40 bits per heavy atom. The molecule has 2 heterocycles. The molecule has 43 heavy (non-hydrogen) atoms. The lowest BCUT2D eigenvalue weighted by Gasteiger charge is -2.37. The van der Waals surface area contributed by atoms with Gasteiger partial charge in [-0.05, 0) is 60.3 Å². The number of benzene rings is 3. The van der Waals surface area contributed by atoms with Gasteiger partial charge < -0.3 is 19.0 Å². The molecule has 1 N–H and O–H groups in total. The zero-order chi connectivity index (χ0) is 30.7. The van der Waals surface area contributed by atoms with Crippen LogP contribution in [0.2, 0.25) is 18.1 Å². The maximum absolute atomic E-state index is 6.48. The molecule has 7 nitrogen and oxygen atoms in total. The lowest BCUT2D eigenvalue weighted by molar-refractivity contribution is 0.261. The zero-order valence-electron chi connectivity index (χ0n) is 26.3. The molecule has 0 bridgehead atoms. The fourth-order valence-electron chi connectivity index (χ4n) is 5.22. The van der Waals surface area contributed by atoms with Crippen molar-refractivity contribution in [2.24, 2.45) is 0 Å². The number of nitrogens with zero attached hydrogens (tertiary/aromatic N) is 4. The molecular weight excluding hydrogens is 551 g/mol. The molecule has 0 radical (unpaired) electrons. The van der Waals surface area contributed by atoms with Crippen LogP contribution >= 0.6 is 0 Å². The molecule has 224 valence electrons. The van der Waals surface area contributed by atoms with E-state index < -0.39 is 13.9 Å². The molecule has 0 aliphatic rings. The molecule has 2 aromatic heterocycles. The van der Waals surface area contributed by atoms with Crippen LogP contribution in [0.5, 0.6) is 5.75 Å². The van der Waals surface area contributed by atoms with Gasteiger partial charge in [0.15, 0.2) is 19.8 Å². The van der Waals surface area contributed by atoms with Gasteiger partial charge in [-0.25, -0.2) is 15.0 Å². The maximum Gasteiger partial charge on any atom is 0.191 e. The molecule has 0 fully saturated rings. The van der Waals surface area contributed by atoms with Crippen molar-refractivity contribution >= 4 is 25.3 Å². The topological polar surface area (TPSA) is 74.1 Å². The number of nitrogens with one attached hydrogen (secondary N) is 1. The molecule has 0 saturated carbocycles. The monoisotopic (exact) mass is 593 g/mol. The van der Waals surface area contributed by atoms with E-state index in [9.17, 15) is 0 Å². The van der Waals surface area contributed by atoms with Crippen LogP contribution in [0.4, 0.5) is 5.82 Å². The number of imidazole rings is 1. The Morgan fingerprint density at radius 3 is 1.95 bits per heavy atom. The van der Waals surface area contributed by atoms with Gasteiger partial charge in [0.05, 0.1) is 13.4 Å². The summed E-state index contributed by atoms with van der Waals surface area (Å²) < 4.78 is 14.1. The van der Waals surface area contributed by atoms with Crippen LogP contribution in [0.15, 0.2) is 97.6 Å². The molecule has 3 aromatic carbocycles. The third kappa shape index (κ3) is 6.08. The molecule has 1 unspecified atom stereocenters. The van der Waals surface area contributed by atoms with Crippen molar-refractivity contribution in [3.05, 3.63) is 114 Å². The fraction of sp³-hybridized carbons (Fsp3) is 0.343. The molecule has 0 aliphatic carbocycles. The highest BCUT2D eigenvalue weighted by atomic mass is 28.4. The molecule has 0 saturated heterocycles. The molecule has 0 aliphatic heterocycles. The van der Waals surface area contributed by atoms with Gasteiger partial charge in [0.2, 0.25) is 0 Å². The van der Waals surface area contributed by atoms with Crippen LogP contribution in [0.1, 0.15) is 56.8 Å². The molecule has 0 amide bonds. The van der Waals surface area contributed by atoms with Crippen molar-refractivity contribution in [2.75, 3.05) is 19.0 Å². The summed E-state index contributed by atoms with van der Waals surface area (Å²) in [4.78, 5) is 14.3. The summed E-state index contributed by atoms with van der Waals surface area (Å²) in [5, 5.41) is 4.05. The van der Waals surface area contributed by atoms with Crippen LogP contribution in [-0.4, -0.2) is 41.6 Å². The van der Waals surface area contributed by atoms with Gasteiger partial charge >= 0.3 is 0 Å². The van der Waals surface area contributed by atoms with Gasteiger partial charge in [-0.2, -0.15) is 0 Å². The number of anilines is 1. The molecule has 1 atom stereocenters. The lowest BCUT2D eigenvalue weighted by Crippen LogP contribution is -2.41. The molecular formula is C35H43N5O2Si. The minimum absolute atomic E-state index is 0.159. The van der Waals surface area contributed by atoms with E-state index in [4.69, 9.17) is 24.1 Å². The van der Waals surface area contributed by atoms with Gasteiger partial charge in [-0.1, -0.05) is 93.6 Å². The molecule has 5 rings (SSSR count). The number of hydrogen-bond acceptors (Lipinski definition) is 6. The molecule has 8 heteroatoms. The first-order chi connectivity index (χ1) is 20.6. The predicted molar refractivity (Wildman–Crippen MR) is 177 cm³/mol. The van der Waals surface area contributed by atoms with Gasteiger partial charge in [0.1, 0.15) is 23.1 Å². The van der Waals surface area contributed by atoms with E-state index in [-0.39, 0.29) is 11.1 Å². The van der Waals surface area contributed by atoms with Crippen molar-refractivity contribution in [1.29, 1.82) is 0 Å². The van der Waals surface area contributed by atoms with Crippen LogP contribution in [0.3, 0.4) is 0 Å². The first kappa shape index (κ1) is 30.4. The quantitative estimate of drug-likeness (QED) is 0.123. The molecule has 0 spiro atoms. The third-order valence-corrected chi connectivity index (χ3v) is 13.4. The smallest absolute Gasteiger partial charge is 0.191 e. The standard InChI is InChI=1S/C35H43N5O2Si/c1-26(22-23-42-43(6,7)34(2,3)4)40-25-38-31-32(36-24-37-33(31)40)39-35(27-14-10-8-11-15-27,28-16-12-9-13-17-28)29-18-20-30(41-5)21-19-29/h8-21,24-26H,22-23H2,1-7H3,(H,36,37,39). The number of fused-ring (bicyclic) bond motifs is 1. The second-order valence-electron chi connectivity index (χ2n) is 12.6. The number of ether oxygens (including phenoxy) is 1. The maximum atomic E-state index is 6.48. The second kappa shape index (κ2) is 12.3. The van der Waals surface area contributed by atoms with E-state index in [0.29, 0.717) is 12.4 Å². The Labute approximate surface area is 256 Å². The van der Waals surface area contributed by atoms with E-state index in [1.165, 1.54) is 0 Å². The summed E-state index contributed by atoms with van der Waals surface area (Å²) in [6.45, 7) is 14.3. The summed E-state index contributed by atoms with van der Waals surface area (Å²) in [5.41, 5.74) is 3.96. The summed E-state index contributed by atoms with van der Waals surface area (Å²) in [6.07, 6.45) is 4.37. The predicted octanol–water partition coefficient (Wildman–Crippen LogP) is 8.21. The van der Waals surface area contributed by atoms with Crippen molar-refractivity contribution in [3.8, 4) is 5.75 Å². The highest BCUT2D eigenvalue weighted by Crippen LogP contribution is 2.41. The van der Waals surface area contributed by atoms with Crippen LogP contribution in [-0.2, 0) is 9.96 Å². The van der Waals surface area contributed by atoms with Gasteiger partial charge in [-0.15, -0.1) is 0 Å². The lowest BCUT2D eigenvalue weighted by atomic mass is 9.77. The van der Waals surface area contributed by atoms with Gasteiger partial charge in [0, 0.05) is 12.6 Å². The second-order valence-corrected chi connectivity index (χ2v) is 17.4. The largest absolute Gasteiger partial charge is 0.497 e. The third-order valence-electron chi connectivity index (χ3n) is 8.88. The highest BCUT2D eigenvalue weighted by molar-refractivity contribution is 6.74. The summed E-state index contributed by atoms with van der Waals surface area (Å²) in [5.74, 6) is 1.46. The number of methoxy groups -OCH3 is 1. The van der Waals surface area contributed by atoms with Gasteiger partial charge in [0.25, 0.3) is 0 Å². The minimum Gasteiger partial charge on any atom is -0.497 e. The average molecular weight is 594 g/mol. The summed E-state index contributed by atoms with van der Waals surface area (Å²) in [6, 6.07) is 29.3. The van der Waals surface area contributed by atoms with Gasteiger partial charge in [-0.3, -0.25) is 0 Å². The SMILES string of the molecule is COc1ccc(C(Nc2ncnc3c2ncn3C(C)CCO[Si](C)(C)C(C)(C)C)(c2ccccc2)c2ccccc2)cc1. The zero-order valence-corrected chi connectivity index (χ0v) is 27.3. The Kier molecular flexibility index (Phi) is 8.71. The Balaban J connectivity index is 1.56. The number of rotatable bonds is 11.